The van der Waals surface area contributed by atoms with E-state index in [1.807, 2.05) is 0 Å². The van der Waals surface area contributed by atoms with Gasteiger partial charge in [-0.25, -0.2) is 0 Å². The van der Waals surface area contributed by atoms with E-state index in [0.717, 1.165) is 51.4 Å². The van der Waals surface area contributed by atoms with Crippen LogP contribution < -0.4 is 10.1 Å². The van der Waals surface area contributed by atoms with Crippen LogP contribution in [0.3, 0.4) is 0 Å². The minimum atomic E-state index is 0. The highest BCUT2D eigenvalue weighted by molar-refractivity contribution is 5.85. The number of nitrogens with zero attached hydrogens (tertiary/aromatic N) is 1. The Bertz CT molecular complexity index is 413. The topological polar surface area (TPSA) is 33.7 Å². The van der Waals surface area contributed by atoms with E-state index in [1.165, 1.54) is 18.5 Å². The highest BCUT2D eigenvalue weighted by Gasteiger charge is 2.16. The van der Waals surface area contributed by atoms with Gasteiger partial charge in [-0.15, -0.1) is 12.4 Å². The molecule has 1 aromatic rings. The van der Waals surface area contributed by atoms with Crippen LogP contribution in [0, 0.1) is 0 Å². The van der Waals surface area contributed by atoms with E-state index in [4.69, 9.17) is 9.47 Å². The molecule has 1 N–H and O–H groups in total. The average Bonchev–Trinajstić information content (AvgIpc) is 2.91. The Balaban J connectivity index is 0.00000176. The Morgan fingerprint density at radius 1 is 1.14 bits per heavy atom. The first-order valence-corrected chi connectivity index (χ1v) is 8.16. The number of nitrogens with one attached hydrogen (secondary N) is 1. The second-order valence-electron chi connectivity index (χ2n) is 5.97. The van der Waals surface area contributed by atoms with Gasteiger partial charge in [-0.1, -0.05) is 12.1 Å². The third kappa shape index (κ3) is 5.43. The molecule has 1 atom stereocenters. The number of rotatable bonds is 5. The van der Waals surface area contributed by atoms with E-state index < -0.39 is 0 Å². The van der Waals surface area contributed by atoms with Gasteiger partial charge in [-0.05, 0) is 50.0 Å². The molecule has 0 spiro atoms. The number of ether oxygens (including phenoxy) is 2. The third-order valence-electron chi connectivity index (χ3n) is 4.22. The van der Waals surface area contributed by atoms with Gasteiger partial charge in [0.2, 0.25) is 0 Å². The van der Waals surface area contributed by atoms with E-state index >= 15 is 0 Å². The lowest BCUT2D eigenvalue weighted by Gasteiger charge is -2.19. The Morgan fingerprint density at radius 3 is 2.77 bits per heavy atom. The maximum Gasteiger partial charge on any atom is 0.119 e. The summed E-state index contributed by atoms with van der Waals surface area (Å²) < 4.78 is 11.4. The largest absolute Gasteiger partial charge is 0.491 e. The maximum absolute atomic E-state index is 5.81. The third-order valence-corrected chi connectivity index (χ3v) is 4.22. The molecule has 5 heteroatoms. The van der Waals surface area contributed by atoms with E-state index in [0.29, 0.717) is 6.61 Å². The fourth-order valence-corrected chi connectivity index (χ4v) is 2.97. The van der Waals surface area contributed by atoms with Crippen LogP contribution >= 0.6 is 12.4 Å². The van der Waals surface area contributed by atoms with Crippen LogP contribution in [-0.2, 0) is 11.3 Å². The molecule has 0 amide bonds. The van der Waals surface area contributed by atoms with Gasteiger partial charge >= 0.3 is 0 Å². The summed E-state index contributed by atoms with van der Waals surface area (Å²) in [5.41, 5.74) is 1.36. The van der Waals surface area contributed by atoms with Crippen LogP contribution in [0.4, 0.5) is 0 Å². The van der Waals surface area contributed by atoms with Gasteiger partial charge < -0.3 is 14.8 Å². The average molecular weight is 327 g/mol. The monoisotopic (exact) mass is 326 g/mol. The second-order valence-corrected chi connectivity index (χ2v) is 5.97. The fraction of sp³-hybridized carbons (Fsp3) is 0.647. The maximum atomic E-state index is 5.81. The van der Waals surface area contributed by atoms with Gasteiger partial charge in [-0.2, -0.15) is 0 Å². The molecule has 124 valence electrons. The summed E-state index contributed by atoms with van der Waals surface area (Å²) >= 11 is 0. The molecular weight excluding hydrogens is 300 g/mol. The van der Waals surface area contributed by atoms with Gasteiger partial charge in [0.15, 0.2) is 0 Å². The molecule has 3 rings (SSSR count). The van der Waals surface area contributed by atoms with Crippen LogP contribution in [0.25, 0.3) is 0 Å². The molecule has 4 nitrogen and oxygen atoms in total. The van der Waals surface area contributed by atoms with Gasteiger partial charge in [0.1, 0.15) is 12.4 Å². The lowest BCUT2D eigenvalue weighted by Crippen LogP contribution is -2.27. The van der Waals surface area contributed by atoms with E-state index in [9.17, 15) is 0 Å². The Labute approximate surface area is 139 Å². The van der Waals surface area contributed by atoms with Crippen LogP contribution in [0.1, 0.15) is 24.8 Å². The molecule has 2 fully saturated rings. The van der Waals surface area contributed by atoms with Crippen molar-refractivity contribution in [2.45, 2.75) is 31.9 Å². The summed E-state index contributed by atoms with van der Waals surface area (Å²) in [4.78, 5) is 2.52. The van der Waals surface area contributed by atoms with Crippen LogP contribution in [0.2, 0.25) is 0 Å². The molecule has 0 aromatic heterocycles. The first-order chi connectivity index (χ1) is 10.4. The predicted molar refractivity (Wildman–Crippen MR) is 90.9 cm³/mol. The zero-order valence-corrected chi connectivity index (χ0v) is 13.9. The number of halogens is 1. The molecular formula is C17H27ClN2O2. The van der Waals surface area contributed by atoms with E-state index in [2.05, 4.69) is 34.5 Å². The van der Waals surface area contributed by atoms with Crippen molar-refractivity contribution < 1.29 is 9.47 Å². The lowest BCUT2D eigenvalue weighted by atomic mass is 10.2. The highest BCUT2D eigenvalue weighted by Crippen LogP contribution is 2.17. The van der Waals surface area contributed by atoms with Crippen molar-refractivity contribution in [3.63, 3.8) is 0 Å². The zero-order chi connectivity index (χ0) is 14.3. The number of hydrogen-bond donors (Lipinski definition) is 1. The Kier molecular flexibility index (Phi) is 7.46. The number of benzene rings is 1. The summed E-state index contributed by atoms with van der Waals surface area (Å²) in [6, 6.07) is 8.53. The molecule has 0 radical (unpaired) electrons. The first kappa shape index (κ1) is 17.5. The molecule has 22 heavy (non-hydrogen) atoms. The summed E-state index contributed by atoms with van der Waals surface area (Å²) in [6.45, 7) is 7.17. The SMILES string of the molecule is Cl.c1cc(OCC2CCCO2)ccc1CN1CCCNCC1. The van der Waals surface area contributed by atoms with Crippen molar-refractivity contribution >= 4 is 12.4 Å². The van der Waals surface area contributed by atoms with Crippen molar-refractivity contribution in [3.05, 3.63) is 29.8 Å². The minimum absolute atomic E-state index is 0. The standard InChI is InChI=1S/C17H26N2O2.ClH/c1-3-17(20-12-1)14-21-16-6-4-15(5-7-16)13-19-10-2-8-18-9-11-19;/h4-7,17-18H,1-3,8-14H2;1H. The van der Waals surface area contributed by atoms with Gasteiger partial charge in [0, 0.05) is 26.2 Å². The van der Waals surface area contributed by atoms with Crippen LogP contribution in [0.15, 0.2) is 24.3 Å². The highest BCUT2D eigenvalue weighted by atomic mass is 35.5. The van der Waals surface area contributed by atoms with Gasteiger partial charge in [0.05, 0.1) is 6.10 Å². The van der Waals surface area contributed by atoms with Crippen molar-refractivity contribution in [2.24, 2.45) is 0 Å². The smallest absolute Gasteiger partial charge is 0.119 e. The Morgan fingerprint density at radius 2 is 2.00 bits per heavy atom. The van der Waals surface area contributed by atoms with Crippen molar-refractivity contribution in [3.8, 4) is 5.75 Å². The zero-order valence-electron chi connectivity index (χ0n) is 13.1. The number of hydrogen-bond acceptors (Lipinski definition) is 4. The molecule has 2 aliphatic rings. The fourth-order valence-electron chi connectivity index (χ4n) is 2.97. The van der Waals surface area contributed by atoms with Crippen molar-refractivity contribution in [1.29, 1.82) is 0 Å². The predicted octanol–water partition coefficient (Wildman–Crippen LogP) is 2.46. The van der Waals surface area contributed by atoms with Gasteiger partial charge in [-0.3, -0.25) is 4.90 Å². The molecule has 0 bridgehead atoms. The molecule has 2 heterocycles. The normalized spacial score (nSPS) is 22.8. The minimum Gasteiger partial charge on any atom is -0.491 e. The van der Waals surface area contributed by atoms with E-state index in [1.54, 1.807) is 0 Å². The first-order valence-electron chi connectivity index (χ1n) is 8.16. The summed E-state index contributed by atoms with van der Waals surface area (Å²) in [5.74, 6) is 0.951. The van der Waals surface area contributed by atoms with Crippen molar-refractivity contribution in [2.75, 3.05) is 39.4 Å². The second kappa shape index (κ2) is 9.36. The molecule has 1 aromatic carbocycles. The molecule has 2 saturated heterocycles. The van der Waals surface area contributed by atoms with Crippen LogP contribution in [0.5, 0.6) is 5.75 Å². The molecule has 0 saturated carbocycles. The van der Waals surface area contributed by atoms with Crippen molar-refractivity contribution in [1.82, 2.24) is 10.2 Å². The van der Waals surface area contributed by atoms with Gasteiger partial charge in [0.25, 0.3) is 0 Å². The summed E-state index contributed by atoms with van der Waals surface area (Å²) in [5, 5.41) is 3.44. The quantitative estimate of drug-likeness (QED) is 0.901. The summed E-state index contributed by atoms with van der Waals surface area (Å²) in [6.07, 6.45) is 3.82. The lowest BCUT2D eigenvalue weighted by molar-refractivity contribution is 0.0679. The van der Waals surface area contributed by atoms with E-state index in [-0.39, 0.29) is 18.5 Å². The van der Waals surface area contributed by atoms with Crippen LogP contribution in [-0.4, -0.2) is 50.4 Å². The molecule has 1 unspecified atom stereocenters. The molecule has 2 aliphatic heterocycles. The summed E-state index contributed by atoms with van der Waals surface area (Å²) in [7, 11) is 0. The Hall–Kier alpha value is -0.810. The molecule has 0 aliphatic carbocycles.